The molecular weight excluding hydrogens is 545 g/mol. The Morgan fingerprint density at radius 1 is 1.03 bits per heavy atom. The lowest BCUT2D eigenvalue weighted by atomic mass is 10.1. The molecule has 0 fully saturated rings. The number of nitrogens with zero attached hydrogens (tertiary/aromatic N) is 2. The molecule has 0 bridgehead atoms. The number of aryl methyl sites for hydroxylation is 1. The molecule has 0 aliphatic heterocycles. The van der Waals surface area contributed by atoms with Crippen LogP contribution < -0.4 is 9.62 Å². The minimum absolute atomic E-state index is 0.0685. The Hall–Kier alpha value is -2.00. The van der Waals surface area contributed by atoms with E-state index in [9.17, 15) is 18.0 Å². The maximum Gasteiger partial charge on any atom is 0.244 e. The Bertz CT molecular complexity index is 1190. The highest BCUT2D eigenvalue weighted by Gasteiger charge is 2.33. The summed E-state index contributed by atoms with van der Waals surface area (Å²) in [6.45, 7) is 6.72. The Kier molecular flexibility index (Phi) is 10.9. The lowest BCUT2D eigenvalue weighted by molar-refractivity contribution is -0.140. The first-order chi connectivity index (χ1) is 16.8. The number of benzene rings is 2. The van der Waals surface area contributed by atoms with E-state index in [2.05, 4.69) is 5.32 Å². The SMILES string of the molecule is CC[C@@H](C)NC(=O)[C@@H](CC)N(Cc1c(Cl)cccc1Cl)C(=O)CN(c1ccc(Cl)cc1C)S(C)(=O)=O. The van der Waals surface area contributed by atoms with Crippen molar-refractivity contribution in [2.75, 3.05) is 17.1 Å². The molecule has 0 aliphatic rings. The molecule has 2 amide bonds. The van der Waals surface area contributed by atoms with E-state index in [-0.39, 0.29) is 18.5 Å². The Labute approximate surface area is 228 Å². The first-order valence-electron chi connectivity index (χ1n) is 11.6. The summed E-state index contributed by atoms with van der Waals surface area (Å²) in [4.78, 5) is 28.3. The van der Waals surface area contributed by atoms with Gasteiger partial charge in [0.2, 0.25) is 21.8 Å². The molecular formula is C25H32Cl3N3O4S. The van der Waals surface area contributed by atoms with Gasteiger partial charge < -0.3 is 10.2 Å². The fourth-order valence-corrected chi connectivity index (χ4v) is 5.36. The highest BCUT2D eigenvalue weighted by atomic mass is 35.5. The van der Waals surface area contributed by atoms with Crippen LogP contribution in [0.25, 0.3) is 0 Å². The normalized spacial score (nSPS) is 13.1. The topological polar surface area (TPSA) is 86.8 Å². The number of carbonyl (C=O) groups excluding carboxylic acids is 2. The van der Waals surface area contributed by atoms with Gasteiger partial charge in [-0.2, -0.15) is 0 Å². The summed E-state index contributed by atoms with van der Waals surface area (Å²) in [5, 5.41) is 4.04. The van der Waals surface area contributed by atoms with Gasteiger partial charge in [0.15, 0.2) is 0 Å². The van der Waals surface area contributed by atoms with E-state index in [1.54, 1.807) is 50.2 Å². The standard InChI is InChI=1S/C25H32Cl3N3O4S/c1-6-17(4)29-25(33)22(7-2)30(14-19-20(27)9-8-10-21(19)28)24(32)15-31(36(5,34)35)23-12-11-18(26)13-16(23)3/h8-13,17,22H,6-7,14-15H2,1-5H3,(H,29,33)/t17-,22-/m1/s1. The summed E-state index contributed by atoms with van der Waals surface area (Å²) in [5.41, 5.74) is 1.38. The van der Waals surface area contributed by atoms with E-state index in [0.717, 1.165) is 10.6 Å². The number of rotatable bonds is 11. The Morgan fingerprint density at radius 3 is 2.14 bits per heavy atom. The summed E-state index contributed by atoms with van der Waals surface area (Å²) in [5.74, 6) is -0.908. The number of carbonyl (C=O) groups is 2. The molecule has 0 saturated carbocycles. The van der Waals surface area contributed by atoms with E-state index < -0.39 is 28.5 Å². The molecule has 2 atom stereocenters. The van der Waals surface area contributed by atoms with Gasteiger partial charge in [-0.1, -0.05) is 54.7 Å². The van der Waals surface area contributed by atoms with Gasteiger partial charge in [0.1, 0.15) is 12.6 Å². The predicted molar refractivity (Wildman–Crippen MR) is 147 cm³/mol. The second-order valence-electron chi connectivity index (χ2n) is 8.66. The molecule has 7 nitrogen and oxygen atoms in total. The van der Waals surface area contributed by atoms with Crippen molar-refractivity contribution in [1.82, 2.24) is 10.2 Å². The zero-order chi connectivity index (χ0) is 27.2. The maximum atomic E-state index is 13.8. The summed E-state index contributed by atoms with van der Waals surface area (Å²) < 4.78 is 26.5. The van der Waals surface area contributed by atoms with Gasteiger partial charge in [0.25, 0.3) is 0 Å². The summed E-state index contributed by atoms with van der Waals surface area (Å²) in [6.07, 6.45) is 2.04. The largest absolute Gasteiger partial charge is 0.352 e. The predicted octanol–water partition coefficient (Wildman–Crippen LogP) is 5.44. The Morgan fingerprint density at radius 2 is 1.64 bits per heavy atom. The van der Waals surface area contributed by atoms with Crippen molar-refractivity contribution in [2.24, 2.45) is 0 Å². The van der Waals surface area contributed by atoms with Crippen LogP contribution in [0.15, 0.2) is 36.4 Å². The molecule has 1 N–H and O–H groups in total. The van der Waals surface area contributed by atoms with E-state index in [0.29, 0.717) is 44.7 Å². The molecule has 2 aromatic carbocycles. The van der Waals surface area contributed by atoms with Gasteiger partial charge in [-0.25, -0.2) is 8.42 Å². The average molecular weight is 577 g/mol. The second kappa shape index (κ2) is 13.0. The van der Waals surface area contributed by atoms with Crippen molar-refractivity contribution in [2.45, 2.75) is 59.2 Å². The lowest BCUT2D eigenvalue weighted by Gasteiger charge is -2.34. The molecule has 0 aliphatic carbocycles. The fraction of sp³-hybridized carbons (Fsp3) is 0.440. The van der Waals surface area contributed by atoms with Crippen LogP contribution in [-0.4, -0.2) is 50.0 Å². The highest BCUT2D eigenvalue weighted by Crippen LogP contribution is 2.29. The van der Waals surface area contributed by atoms with Gasteiger partial charge in [-0.05, 0) is 62.6 Å². The van der Waals surface area contributed by atoms with Crippen molar-refractivity contribution in [3.8, 4) is 0 Å². The van der Waals surface area contributed by atoms with Crippen LogP contribution in [0.1, 0.15) is 44.7 Å². The molecule has 0 saturated heterocycles. The second-order valence-corrected chi connectivity index (χ2v) is 11.8. The number of anilines is 1. The van der Waals surface area contributed by atoms with Crippen molar-refractivity contribution in [3.63, 3.8) is 0 Å². The number of halogens is 3. The molecule has 2 rings (SSSR count). The first-order valence-corrected chi connectivity index (χ1v) is 14.5. The van der Waals surface area contributed by atoms with Crippen molar-refractivity contribution in [1.29, 1.82) is 0 Å². The first kappa shape index (κ1) is 30.2. The van der Waals surface area contributed by atoms with Gasteiger partial charge in [-0.3, -0.25) is 13.9 Å². The summed E-state index contributed by atoms with van der Waals surface area (Å²) in [6, 6.07) is 8.73. The number of amides is 2. The van der Waals surface area contributed by atoms with Crippen LogP contribution in [0.5, 0.6) is 0 Å². The number of hydrogen-bond acceptors (Lipinski definition) is 4. The smallest absolute Gasteiger partial charge is 0.244 e. The molecule has 0 radical (unpaired) electrons. The third-order valence-corrected chi connectivity index (χ3v) is 7.95. The average Bonchev–Trinajstić information content (AvgIpc) is 2.78. The van der Waals surface area contributed by atoms with Crippen LogP contribution >= 0.6 is 34.8 Å². The maximum absolute atomic E-state index is 13.8. The fourth-order valence-electron chi connectivity index (χ4n) is 3.71. The molecule has 36 heavy (non-hydrogen) atoms. The zero-order valence-electron chi connectivity index (χ0n) is 21.0. The molecule has 0 heterocycles. The molecule has 0 spiro atoms. The molecule has 0 aromatic heterocycles. The Balaban J connectivity index is 2.53. The monoisotopic (exact) mass is 575 g/mol. The van der Waals surface area contributed by atoms with E-state index in [4.69, 9.17) is 34.8 Å². The summed E-state index contributed by atoms with van der Waals surface area (Å²) >= 11 is 18.8. The van der Waals surface area contributed by atoms with Crippen LogP contribution in [0.3, 0.4) is 0 Å². The third kappa shape index (κ3) is 7.75. The minimum atomic E-state index is -3.86. The van der Waals surface area contributed by atoms with Gasteiger partial charge in [-0.15, -0.1) is 0 Å². The third-order valence-electron chi connectivity index (χ3n) is 5.88. The minimum Gasteiger partial charge on any atom is -0.352 e. The number of nitrogens with one attached hydrogen (secondary N) is 1. The van der Waals surface area contributed by atoms with Crippen LogP contribution in [0, 0.1) is 6.92 Å². The van der Waals surface area contributed by atoms with Crippen LogP contribution in [0.2, 0.25) is 15.1 Å². The van der Waals surface area contributed by atoms with Gasteiger partial charge in [0.05, 0.1) is 11.9 Å². The van der Waals surface area contributed by atoms with Gasteiger partial charge in [0, 0.05) is 33.2 Å². The number of sulfonamides is 1. The molecule has 198 valence electrons. The summed E-state index contributed by atoms with van der Waals surface area (Å²) in [7, 11) is -3.86. The molecule has 0 unspecified atom stereocenters. The van der Waals surface area contributed by atoms with Crippen LogP contribution in [0.4, 0.5) is 5.69 Å². The zero-order valence-corrected chi connectivity index (χ0v) is 24.1. The van der Waals surface area contributed by atoms with Gasteiger partial charge >= 0.3 is 0 Å². The van der Waals surface area contributed by atoms with E-state index in [1.807, 2.05) is 13.8 Å². The molecule has 11 heteroatoms. The van der Waals surface area contributed by atoms with Crippen LogP contribution in [-0.2, 0) is 26.2 Å². The van der Waals surface area contributed by atoms with E-state index >= 15 is 0 Å². The van der Waals surface area contributed by atoms with Crippen molar-refractivity contribution >= 4 is 62.3 Å². The van der Waals surface area contributed by atoms with E-state index in [1.165, 1.54) is 4.90 Å². The highest BCUT2D eigenvalue weighted by molar-refractivity contribution is 7.92. The molecule has 2 aromatic rings. The lowest BCUT2D eigenvalue weighted by Crippen LogP contribution is -2.53. The van der Waals surface area contributed by atoms with Crippen molar-refractivity contribution in [3.05, 3.63) is 62.6 Å². The quantitative estimate of drug-likeness (QED) is 0.386. The van der Waals surface area contributed by atoms with Crippen molar-refractivity contribution < 1.29 is 18.0 Å². The number of hydrogen-bond donors (Lipinski definition) is 1.